The smallest absolute Gasteiger partial charge is 0.158 e. The summed E-state index contributed by atoms with van der Waals surface area (Å²) in [7, 11) is 1.64. The van der Waals surface area contributed by atoms with Crippen LogP contribution in [0.25, 0.3) is 21.3 Å². The largest absolute Gasteiger partial charge is 0.389 e. The first-order chi connectivity index (χ1) is 11.3. The second kappa shape index (κ2) is 5.88. The highest BCUT2D eigenvalue weighted by Gasteiger charge is 2.29. The number of nitrogens with zero attached hydrogens (tertiary/aromatic N) is 3. The number of fused-ring (bicyclic) bond motifs is 1. The van der Waals surface area contributed by atoms with Crippen molar-refractivity contribution in [2.75, 3.05) is 25.1 Å². The van der Waals surface area contributed by atoms with Crippen LogP contribution in [0.15, 0.2) is 35.7 Å². The van der Waals surface area contributed by atoms with Crippen LogP contribution in [-0.2, 0) is 11.3 Å². The van der Waals surface area contributed by atoms with Crippen molar-refractivity contribution in [1.82, 2.24) is 9.97 Å². The average Bonchev–Trinajstić information content (AvgIpc) is 2.96. The van der Waals surface area contributed by atoms with Gasteiger partial charge in [-0.25, -0.2) is 9.97 Å². The van der Waals surface area contributed by atoms with Gasteiger partial charge in [0.15, 0.2) is 5.82 Å². The van der Waals surface area contributed by atoms with Gasteiger partial charge in [-0.2, -0.15) is 0 Å². The van der Waals surface area contributed by atoms with E-state index >= 15 is 0 Å². The molecule has 1 saturated heterocycles. The summed E-state index contributed by atoms with van der Waals surface area (Å²) in [5, 5.41) is 12.8. The quantitative estimate of drug-likeness (QED) is 0.798. The van der Waals surface area contributed by atoms with Gasteiger partial charge in [-0.1, -0.05) is 30.3 Å². The molecular formula is C17H17N3O2S. The molecule has 23 heavy (non-hydrogen) atoms. The molecular weight excluding hydrogens is 310 g/mol. The number of aliphatic hydroxyl groups excluding tert-OH is 1. The Balaban J connectivity index is 1.89. The van der Waals surface area contributed by atoms with Gasteiger partial charge in [0.05, 0.1) is 11.5 Å². The van der Waals surface area contributed by atoms with Gasteiger partial charge in [-0.3, -0.25) is 0 Å². The molecule has 6 heteroatoms. The Hall–Kier alpha value is -2.02. The highest BCUT2D eigenvalue weighted by Crippen LogP contribution is 2.39. The van der Waals surface area contributed by atoms with E-state index in [1.807, 2.05) is 18.2 Å². The molecule has 0 aliphatic carbocycles. The molecule has 1 aliphatic rings. The van der Waals surface area contributed by atoms with Crippen LogP contribution in [-0.4, -0.2) is 41.4 Å². The van der Waals surface area contributed by atoms with E-state index < -0.39 is 0 Å². The van der Waals surface area contributed by atoms with E-state index in [1.54, 1.807) is 18.4 Å². The molecule has 0 saturated carbocycles. The van der Waals surface area contributed by atoms with Crippen molar-refractivity contribution < 1.29 is 9.84 Å². The van der Waals surface area contributed by atoms with Crippen molar-refractivity contribution in [2.24, 2.45) is 0 Å². The summed E-state index contributed by atoms with van der Waals surface area (Å²) >= 11 is 1.62. The van der Waals surface area contributed by atoms with E-state index in [-0.39, 0.29) is 6.10 Å². The van der Waals surface area contributed by atoms with E-state index in [1.165, 1.54) is 0 Å². The van der Waals surface area contributed by atoms with E-state index in [2.05, 4.69) is 27.4 Å². The zero-order valence-electron chi connectivity index (χ0n) is 12.8. The summed E-state index contributed by atoms with van der Waals surface area (Å²) in [6, 6.07) is 10.3. The predicted molar refractivity (Wildman–Crippen MR) is 91.8 cm³/mol. The Morgan fingerprint density at radius 1 is 1.26 bits per heavy atom. The van der Waals surface area contributed by atoms with Crippen molar-refractivity contribution in [2.45, 2.75) is 12.7 Å². The van der Waals surface area contributed by atoms with Crippen molar-refractivity contribution in [1.29, 1.82) is 0 Å². The maximum absolute atomic E-state index is 9.65. The predicted octanol–water partition coefficient (Wildman–Crippen LogP) is 2.69. The van der Waals surface area contributed by atoms with Gasteiger partial charge in [0.2, 0.25) is 0 Å². The topological polar surface area (TPSA) is 58.5 Å². The van der Waals surface area contributed by atoms with Crippen molar-refractivity contribution in [3.05, 3.63) is 41.5 Å². The zero-order chi connectivity index (χ0) is 15.8. The first-order valence-corrected chi connectivity index (χ1v) is 8.39. The van der Waals surface area contributed by atoms with Crippen LogP contribution < -0.4 is 4.90 Å². The molecule has 3 aromatic rings. The lowest BCUT2D eigenvalue weighted by molar-refractivity contribution is 0.141. The number of rotatable bonds is 4. The molecule has 0 radical (unpaired) electrons. The minimum Gasteiger partial charge on any atom is -0.389 e. The Morgan fingerprint density at radius 2 is 2.04 bits per heavy atom. The average molecular weight is 327 g/mol. The summed E-state index contributed by atoms with van der Waals surface area (Å²) in [6.07, 6.45) is -0.273. The Kier molecular flexibility index (Phi) is 3.72. The van der Waals surface area contributed by atoms with Crippen LogP contribution in [0.4, 0.5) is 5.82 Å². The summed E-state index contributed by atoms with van der Waals surface area (Å²) in [5.74, 6) is 1.57. The van der Waals surface area contributed by atoms with Crippen LogP contribution in [0.2, 0.25) is 0 Å². The fourth-order valence-corrected chi connectivity index (χ4v) is 3.81. The highest BCUT2D eigenvalue weighted by atomic mass is 32.1. The minimum absolute atomic E-state index is 0.273. The van der Waals surface area contributed by atoms with Gasteiger partial charge < -0.3 is 14.7 Å². The molecule has 3 heterocycles. The highest BCUT2D eigenvalue weighted by molar-refractivity contribution is 7.17. The van der Waals surface area contributed by atoms with E-state index in [4.69, 9.17) is 9.72 Å². The molecule has 0 bridgehead atoms. The standard InChI is InChI=1S/C17H17N3O2S/c1-22-9-14-18-16(20-7-12(21)8-20)15-13(10-23-17(15)19-14)11-5-3-2-4-6-11/h2-6,10,12,21H,7-9H2,1H3. The third kappa shape index (κ3) is 2.59. The molecule has 0 spiro atoms. The molecule has 1 aliphatic heterocycles. The van der Waals surface area contributed by atoms with Gasteiger partial charge in [0.25, 0.3) is 0 Å². The van der Waals surface area contributed by atoms with Crippen LogP contribution in [0, 0.1) is 0 Å². The lowest BCUT2D eigenvalue weighted by Gasteiger charge is -2.37. The summed E-state index contributed by atoms with van der Waals surface area (Å²) < 4.78 is 5.19. The summed E-state index contributed by atoms with van der Waals surface area (Å²) in [6.45, 7) is 1.61. The first kappa shape index (κ1) is 14.6. The van der Waals surface area contributed by atoms with Gasteiger partial charge in [0, 0.05) is 31.1 Å². The first-order valence-electron chi connectivity index (χ1n) is 7.51. The molecule has 0 amide bonds. The van der Waals surface area contributed by atoms with Crippen molar-refractivity contribution >= 4 is 27.4 Å². The second-order valence-corrected chi connectivity index (χ2v) is 6.51. The van der Waals surface area contributed by atoms with Gasteiger partial charge in [0.1, 0.15) is 17.3 Å². The monoisotopic (exact) mass is 327 g/mol. The lowest BCUT2D eigenvalue weighted by atomic mass is 10.0. The van der Waals surface area contributed by atoms with E-state index in [0.717, 1.165) is 27.2 Å². The lowest BCUT2D eigenvalue weighted by Crippen LogP contribution is -2.51. The van der Waals surface area contributed by atoms with E-state index in [9.17, 15) is 5.11 Å². The molecule has 0 atom stereocenters. The number of aliphatic hydroxyl groups is 1. The number of methoxy groups -OCH3 is 1. The van der Waals surface area contributed by atoms with Gasteiger partial charge >= 0.3 is 0 Å². The minimum atomic E-state index is -0.273. The van der Waals surface area contributed by atoms with Crippen LogP contribution in [0.5, 0.6) is 0 Å². The van der Waals surface area contributed by atoms with Gasteiger partial charge in [-0.05, 0) is 5.56 Å². The Bertz CT molecular complexity index is 828. The molecule has 2 aromatic heterocycles. The second-order valence-electron chi connectivity index (χ2n) is 5.65. The summed E-state index contributed by atoms with van der Waals surface area (Å²) in [5.41, 5.74) is 2.30. The third-order valence-electron chi connectivity index (χ3n) is 3.98. The number of hydrogen-bond acceptors (Lipinski definition) is 6. The van der Waals surface area contributed by atoms with E-state index in [0.29, 0.717) is 25.5 Å². The van der Waals surface area contributed by atoms with Gasteiger partial charge in [-0.15, -0.1) is 11.3 Å². The van der Waals surface area contributed by atoms with Crippen LogP contribution >= 0.6 is 11.3 Å². The number of ether oxygens (including phenoxy) is 1. The molecule has 1 fully saturated rings. The number of hydrogen-bond donors (Lipinski definition) is 1. The number of β-amino-alcohol motifs (C(OH)–C–C–N with tert-alkyl or cyclic N) is 1. The maximum atomic E-state index is 9.65. The molecule has 4 rings (SSSR count). The number of benzene rings is 1. The van der Waals surface area contributed by atoms with Crippen molar-refractivity contribution in [3.8, 4) is 11.1 Å². The maximum Gasteiger partial charge on any atom is 0.158 e. The summed E-state index contributed by atoms with van der Waals surface area (Å²) in [4.78, 5) is 12.4. The Morgan fingerprint density at radius 3 is 2.74 bits per heavy atom. The molecule has 118 valence electrons. The fraction of sp³-hybridized carbons (Fsp3) is 0.294. The molecule has 0 unspecified atom stereocenters. The number of aromatic nitrogens is 2. The SMILES string of the molecule is COCc1nc(N2CC(O)C2)c2c(-c3ccccc3)csc2n1. The third-order valence-corrected chi connectivity index (χ3v) is 4.85. The fourth-order valence-electron chi connectivity index (χ4n) is 2.85. The molecule has 1 aromatic carbocycles. The van der Waals surface area contributed by atoms with Crippen LogP contribution in [0.3, 0.4) is 0 Å². The normalized spacial score (nSPS) is 15.1. The number of anilines is 1. The molecule has 5 nitrogen and oxygen atoms in total. The van der Waals surface area contributed by atoms with Crippen molar-refractivity contribution in [3.63, 3.8) is 0 Å². The van der Waals surface area contributed by atoms with Crippen LogP contribution in [0.1, 0.15) is 5.82 Å². The molecule has 1 N–H and O–H groups in total. The zero-order valence-corrected chi connectivity index (χ0v) is 13.6. The number of thiophene rings is 1. The Labute approximate surface area is 138 Å².